The molecule has 1 aromatic heterocycles. The third kappa shape index (κ3) is 3.99. The van der Waals surface area contributed by atoms with Gasteiger partial charge in [0.2, 0.25) is 5.91 Å². The number of carbonyl (C=O) groups is 1. The van der Waals surface area contributed by atoms with E-state index in [-0.39, 0.29) is 11.2 Å². The molecule has 1 atom stereocenters. The van der Waals surface area contributed by atoms with Gasteiger partial charge in [0.05, 0.1) is 16.9 Å². The molecule has 98 valence electrons. The zero-order chi connectivity index (χ0) is 12.8. The Morgan fingerprint density at radius 2 is 2.28 bits per heavy atom. The number of likely N-dealkylation sites (tertiary alicyclic amines) is 1. The molecule has 0 bridgehead atoms. The van der Waals surface area contributed by atoms with Crippen LogP contribution in [-0.4, -0.2) is 40.8 Å². The second-order valence-electron chi connectivity index (χ2n) is 4.45. The molecule has 4 nitrogen and oxygen atoms in total. The summed E-state index contributed by atoms with van der Waals surface area (Å²) in [6.07, 6.45) is 4.24. The number of aromatic nitrogens is 1. The Balaban J connectivity index is 1.74. The first-order valence-electron chi connectivity index (χ1n) is 6.33. The van der Waals surface area contributed by atoms with Crippen molar-refractivity contribution >= 4 is 17.7 Å². The van der Waals surface area contributed by atoms with Gasteiger partial charge in [0.25, 0.3) is 0 Å². The number of amides is 1. The molecule has 2 rings (SSSR count). The van der Waals surface area contributed by atoms with Crippen LogP contribution in [0.15, 0.2) is 29.4 Å². The second-order valence-corrected chi connectivity index (χ2v) is 5.81. The molecule has 1 N–H and O–H groups in total. The van der Waals surface area contributed by atoms with Gasteiger partial charge < -0.3 is 5.32 Å². The average molecular weight is 265 g/mol. The van der Waals surface area contributed by atoms with E-state index in [1.807, 2.05) is 25.1 Å². The van der Waals surface area contributed by atoms with E-state index in [2.05, 4.69) is 15.2 Å². The van der Waals surface area contributed by atoms with Crippen LogP contribution in [-0.2, 0) is 4.79 Å². The van der Waals surface area contributed by atoms with Crippen molar-refractivity contribution in [3.63, 3.8) is 0 Å². The largest absolute Gasteiger partial charge is 0.342 e. The molecule has 1 saturated heterocycles. The van der Waals surface area contributed by atoms with E-state index in [1.54, 1.807) is 6.20 Å². The number of thioether (sulfide) groups is 1. The number of hydrogen-bond donors (Lipinski definition) is 1. The number of hydrogen-bond acceptors (Lipinski definition) is 4. The molecule has 5 heteroatoms. The van der Waals surface area contributed by atoms with E-state index in [9.17, 15) is 4.79 Å². The number of pyridine rings is 1. The van der Waals surface area contributed by atoms with Crippen molar-refractivity contribution < 1.29 is 4.79 Å². The smallest absolute Gasteiger partial charge is 0.234 e. The summed E-state index contributed by atoms with van der Waals surface area (Å²) >= 11 is 1.49. The number of rotatable bonds is 5. The van der Waals surface area contributed by atoms with Gasteiger partial charge in [-0.2, -0.15) is 0 Å². The van der Waals surface area contributed by atoms with Gasteiger partial charge in [-0.1, -0.05) is 17.8 Å². The van der Waals surface area contributed by atoms with E-state index in [0.29, 0.717) is 6.67 Å². The lowest BCUT2D eigenvalue weighted by molar-refractivity contribution is -0.120. The summed E-state index contributed by atoms with van der Waals surface area (Å²) in [6, 6.07) is 5.74. The van der Waals surface area contributed by atoms with Crippen LogP contribution in [0.25, 0.3) is 0 Å². The van der Waals surface area contributed by atoms with Crippen LogP contribution >= 0.6 is 11.8 Å². The van der Waals surface area contributed by atoms with E-state index >= 15 is 0 Å². The Kier molecular flexibility index (Phi) is 5.01. The average Bonchev–Trinajstić information content (AvgIpc) is 2.90. The Morgan fingerprint density at radius 1 is 1.50 bits per heavy atom. The van der Waals surface area contributed by atoms with Crippen molar-refractivity contribution in [2.45, 2.75) is 30.0 Å². The van der Waals surface area contributed by atoms with Gasteiger partial charge in [-0.3, -0.25) is 9.69 Å². The molecular formula is C13H19N3OS. The highest BCUT2D eigenvalue weighted by Crippen LogP contribution is 2.20. The van der Waals surface area contributed by atoms with Crippen molar-refractivity contribution in [1.29, 1.82) is 0 Å². The van der Waals surface area contributed by atoms with Crippen molar-refractivity contribution in [1.82, 2.24) is 15.2 Å². The lowest BCUT2D eigenvalue weighted by Gasteiger charge is -2.17. The summed E-state index contributed by atoms with van der Waals surface area (Å²) in [7, 11) is 0. The van der Waals surface area contributed by atoms with Crippen molar-refractivity contribution in [3.8, 4) is 0 Å². The van der Waals surface area contributed by atoms with Gasteiger partial charge in [0.1, 0.15) is 0 Å². The van der Waals surface area contributed by atoms with Gasteiger partial charge in [0.15, 0.2) is 0 Å². The minimum atomic E-state index is -0.109. The van der Waals surface area contributed by atoms with E-state index < -0.39 is 0 Å². The van der Waals surface area contributed by atoms with E-state index in [0.717, 1.165) is 18.1 Å². The SMILES string of the molecule is CC(Sc1ccccn1)C(=O)NCN1CCCC1. The molecule has 1 fully saturated rings. The molecule has 0 aliphatic carbocycles. The summed E-state index contributed by atoms with van der Waals surface area (Å²) in [4.78, 5) is 18.4. The Morgan fingerprint density at radius 3 is 2.94 bits per heavy atom. The second kappa shape index (κ2) is 6.75. The minimum absolute atomic E-state index is 0.0811. The predicted molar refractivity (Wildman–Crippen MR) is 73.4 cm³/mol. The zero-order valence-electron chi connectivity index (χ0n) is 10.6. The van der Waals surface area contributed by atoms with Crippen molar-refractivity contribution in [2.75, 3.05) is 19.8 Å². The first-order valence-corrected chi connectivity index (χ1v) is 7.21. The fraction of sp³-hybridized carbons (Fsp3) is 0.538. The normalized spacial score (nSPS) is 17.6. The standard InChI is InChI=1S/C13H19N3OS/c1-11(18-12-6-2-3-7-14-12)13(17)15-10-16-8-4-5-9-16/h2-3,6-7,11H,4-5,8-10H2,1H3,(H,15,17). The highest BCUT2D eigenvalue weighted by molar-refractivity contribution is 8.00. The lowest BCUT2D eigenvalue weighted by Crippen LogP contribution is -2.39. The third-order valence-electron chi connectivity index (χ3n) is 2.98. The molecule has 0 spiro atoms. The highest BCUT2D eigenvalue weighted by atomic mass is 32.2. The molecule has 0 saturated carbocycles. The lowest BCUT2D eigenvalue weighted by atomic mass is 10.4. The molecular weight excluding hydrogens is 246 g/mol. The molecule has 18 heavy (non-hydrogen) atoms. The monoisotopic (exact) mass is 265 g/mol. The first kappa shape index (κ1) is 13.4. The van der Waals surface area contributed by atoms with Crippen molar-refractivity contribution in [3.05, 3.63) is 24.4 Å². The Labute approximate surface area is 112 Å². The summed E-state index contributed by atoms with van der Waals surface area (Å²) in [6.45, 7) is 4.79. The molecule has 1 amide bonds. The van der Waals surface area contributed by atoms with Crippen LogP contribution in [0, 0.1) is 0 Å². The van der Waals surface area contributed by atoms with Crippen LogP contribution in [0.1, 0.15) is 19.8 Å². The number of nitrogens with one attached hydrogen (secondary N) is 1. The van der Waals surface area contributed by atoms with Crippen LogP contribution < -0.4 is 5.32 Å². The molecule has 0 aromatic carbocycles. The summed E-state index contributed by atoms with van der Waals surface area (Å²) < 4.78 is 0. The van der Waals surface area contributed by atoms with E-state index in [1.165, 1.54) is 24.6 Å². The predicted octanol–water partition coefficient (Wildman–Crippen LogP) is 1.73. The molecule has 2 heterocycles. The maximum absolute atomic E-state index is 11.9. The molecule has 1 unspecified atom stereocenters. The Bertz CT molecular complexity index is 379. The highest BCUT2D eigenvalue weighted by Gasteiger charge is 2.17. The van der Waals surface area contributed by atoms with Crippen LogP contribution in [0.5, 0.6) is 0 Å². The molecule has 1 aliphatic heterocycles. The van der Waals surface area contributed by atoms with Gasteiger partial charge in [-0.15, -0.1) is 0 Å². The summed E-state index contributed by atoms with van der Waals surface area (Å²) in [5.41, 5.74) is 0. The van der Waals surface area contributed by atoms with Crippen molar-refractivity contribution in [2.24, 2.45) is 0 Å². The fourth-order valence-corrected chi connectivity index (χ4v) is 2.76. The quantitative estimate of drug-likeness (QED) is 0.824. The fourth-order valence-electron chi connectivity index (χ4n) is 1.93. The molecule has 0 radical (unpaired) electrons. The molecule has 1 aliphatic rings. The maximum Gasteiger partial charge on any atom is 0.234 e. The van der Waals surface area contributed by atoms with Gasteiger partial charge in [0, 0.05) is 6.20 Å². The van der Waals surface area contributed by atoms with E-state index in [4.69, 9.17) is 0 Å². The topological polar surface area (TPSA) is 45.2 Å². The van der Waals surface area contributed by atoms with Gasteiger partial charge in [-0.25, -0.2) is 4.98 Å². The number of carbonyl (C=O) groups excluding carboxylic acids is 1. The summed E-state index contributed by atoms with van der Waals surface area (Å²) in [5.74, 6) is 0.0811. The van der Waals surface area contributed by atoms with Crippen LogP contribution in [0.2, 0.25) is 0 Å². The number of nitrogens with zero attached hydrogens (tertiary/aromatic N) is 2. The zero-order valence-corrected chi connectivity index (χ0v) is 11.4. The maximum atomic E-state index is 11.9. The van der Waals surface area contributed by atoms with Gasteiger partial charge in [-0.05, 0) is 45.0 Å². The van der Waals surface area contributed by atoms with Crippen LogP contribution in [0.4, 0.5) is 0 Å². The summed E-state index contributed by atoms with van der Waals surface area (Å²) in [5, 5.41) is 3.76. The first-order chi connectivity index (χ1) is 8.75. The third-order valence-corrected chi connectivity index (χ3v) is 4.03. The Hall–Kier alpha value is -1.07. The van der Waals surface area contributed by atoms with Gasteiger partial charge >= 0.3 is 0 Å². The minimum Gasteiger partial charge on any atom is -0.342 e. The van der Waals surface area contributed by atoms with Crippen LogP contribution in [0.3, 0.4) is 0 Å². The molecule has 1 aromatic rings.